The van der Waals surface area contributed by atoms with Crippen molar-refractivity contribution in [2.75, 3.05) is 13.1 Å². The van der Waals surface area contributed by atoms with Gasteiger partial charge in [-0.2, -0.15) is 0 Å². The average Bonchev–Trinajstić information content (AvgIpc) is 2.15. The molecule has 1 saturated heterocycles. The molecule has 2 N–H and O–H groups in total. The van der Waals surface area contributed by atoms with Crippen molar-refractivity contribution in [2.24, 2.45) is 11.8 Å². The number of fused-ring (bicyclic) bond motifs is 1. The summed E-state index contributed by atoms with van der Waals surface area (Å²) in [7, 11) is 0. The summed E-state index contributed by atoms with van der Waals surface area (Å²) in [6.07, 6.45) is 2.35. The second-order valence-corrected chi connectivity index (χ2v) is 4.14. The molecule has 2 heteroatoms. The molecule has 2 rings (SSSR count). The van der Waals surface area contributed by atoms with Crippen molar-refractivity contribution in [2.45, 2.75) is 20.8 Å². The number of hydrogen-bond acceptors (Lipinski definition) is 2. The van der Waals surface area contributed by atoms with Crippen molar-refractivity contribution in [3.05, 3.63) is 23.0 Å². The van der Waals surface area contributed by atoms with Crippen molar-refractivity contribution >= 4 is 0 Å². The summed E-state index contributed by atoms with van der Waals surface area (Å²) >= 11 is 0. The minimum Gasteiger partial charge on any atom is -0.382 e. The van der Waals surface area contributed by atoms with Crippen LogP contribution in [0.4, 0.5) is 0 Å². The first-order valence-corrected chi connectivity index (χ1v) is 5.11. The van der Waals surface area contributed by atoms with E-state index < -0.39 is 0 Å². The van der Waals surface area contributed by atoms with Crippen LogP contribution in [0.2, 0.25) is 0 Å². The zero-order valence-electron chi connectivity index (χ0n) is 8.65. The van der Waals surface area contributed by atoms with E-state index in [0.29, 0.717) is 11.8 Å². The Kier molecular flexibility index (Phi) is 2.06. The third-order valence-corrected chi connectivity index (χ3v) is 3.31. The lowest BCUT2D eigenvalue weighted by Crippen LogP contribution is -2.40. The molecule has 13 heavy (non-hydrogen) atoms. The molecule has 2 unspecified atom stereocenters. The van der Waals surface area contributed by atoms with Crippen LogP contribution in [0.15, 0.2) is 23.0 Å². The van der Waals surface area contributed by atoms with E-state index in [2.05, 4.69) is 37.5 Å². The highest BCUT2D eigenvalue weighted by molar-refractivity contribution is 5.39. The molecule has 0 saturated carbocycles. The minimum atomic E-state index is 0.658. The smallest absolute Gasteiger partial charge is 0.0565 e. The molecule has 1 fully saturated rings. The van der Waals surface area contributed by atoms with Gasteiger partial charge in [-0.3, -0.25) is 0 Å². The van der Waals surface area contributed by atoms with Crippen LogP contribution in [0.3, 0.4) is 0 Å². The number of allylic oxidation sites excluding steroid dienone is 2. The quantitative estimate of drug-likeness (QED) is 0.589. The fourth-order valence-electron chi connectivity index (χ4n) is 2.09. The van der Waals surface area contributed by atoms with Crippen LogP contribution in [0.25, 0.3) is 0 Å². The molecule has 0 aromatic rings. The van der Waals surface area contributed by atoms with Crippen molar-refractivity contribution in [1.29, 1.82) is 0 Å². The van der Waals surface area contributed by atoms with Gasteiger partial charge in [0.25, 0.3) is 0 Å². The first-order chi connectivity index (χ1) is 6.20. The number of piperazine rings is 1. The van der Waals surface area contributed by atoms with Crippen LogP contribution in [-0.2, 0) is 0 Å². The highest BCUT2D eigenvalue weighted by Crippen LogP contribution is 2.31. The summed E-state index contributed by atoms with van der Waals surface area (Å²) in [6, 6.07) is 0. The highest BCUT2D eigenvalue weighted by Gasteiger charge is 2.24. The summed E-state index contributed by atoms with van der Waals surface area (Å²) in [6.45, 7) is 8.92. The molecule has 1 aliphatic carbocycles. The van der Waals surface area contributed by atoms with E-state index in [1.54, 1.807) is 0 Å². The van der Waals surface area contributed by atoms with Gasteiger partial charge in [0, 0.05) is 13.1 Å². The molecule has 0 radical (unpaired) electrons. The fraction of sp³-hybridized carbons (Fsp3) is 0.636. The standard InChI is InChI=1S/C11H18N2/c1-7-6-10-11(9(3)8(7)2)13-5-4-12-10/h6-8,12-13H,4-5H2,1-3H3. The molecule has 2 atom stereocenters. The van der Waals surface area contributed by atoms with Gasteiger partial charge in [-0.15, -0.1) is 0 Å². The van der Waals surface area contributed by atoms with E-state index in [4.69, 9.17) is 0 Å². The Balaban J connectivity index is 2.35. The van der Waals surface area contributed by atoms with Crippen LogP contribution in [0, 0.1) is 11.8 Å². The van der Waals surface area contributed by atoms with Crippen molar-refractivity contribution in [1.82, 2.24) is 10.6 Å². The average molecular weight is 178 g/mol. The second-order valence-electron chi connectivity index (χ2n) is 4.14. The molecule has 0 amide bonds. The third-order valence-electron chi connectivity index (χ3n) is 3.31. The maximum Gasteiger partial charge on any atom is 0.0565 e. The SMILES string of the molecule is CC1=C2NCCNC2=CC(C)C1C. The maximum atomic E-state index is 3.47. The Labute approximate surface area is 80.1 Å². The van der Waals surface area contributed by atoms with E-state index in [1.165, 1.54) is 17.0 Å². The van der Waals surface area contributed by atoms with Gasteiger partial charge >= 0.3 is 0 Å². The molecule has 0 spiro atoms. The van der Waals surface area contributed by atoms with Gasteiger partial charge in [-0.05, 0) is 24.3 Å². The van der Waals surface area contributed by atoms with E-state index in [-0.39, 0.29) is 0 Å². The molecular weight excluding hydrogens is 160 g/mol. The largest absolute Gasteiger partial charge is 0.382 e. The summed E-state index contributed by atoms with van der Waals surface area (Å²) in [5.41, 5.74) is 4.16. The molecule has 1 heterocycles. The first-order valence-electron chi connectivity index (χ1n) is 5.11. The molecule has 2 nitrogen and oxygen atoms in total. The van der Waals surface area contributed by atoms with Gasteiger partial charge in [0.1, 0.15) is 0 Å². The summed E-state index contributed by atoms with van der Waals surface area (Å²) in [5.74, 6) is 1.33. The van der Waals surface area contributed by atoms with Crippen molar-refractivity contribution < 1.29 is 0 Å². The van der Waals surface area contributed by atoms with Gasteiger partial charge in [-0.25, -0.2) is 0 Å². The van der Waals surface area contributed by atoms with E-state index >= 15 is 0 Å². The monoisotopic (exact) mass is 178 g/mol. The molecule has 0 aromatic carbocycles. The lowest BCUT2D eigenvalue weighted by atomic mass is 9.82. The Morgan fingerprint density at radius 2 is 1.92 bits per heavy atom. The molecule has 1 aliphatic heterocycles. The maximum absolute atomic E-state index is 3.47. The predicted octanol–water partition coefficient (Wildman–Crippen LogP) is 1.62. The normalized spacial score (nSPS) is 33.0. The zero-order valence-corrected chi connectivity index (χ0v) is 8.65. The zero-order chi connectivity index (χ0) is 9.42. The van der Waals surface area contributed by atoms with E-state index in [1.807, 2.05) is 0 Å². The van der Waals surface area contributed by atoms with Gasteiger partial charge in [-0.1, -0.05) is 19.9 Å². The first kappa shape index (κ1) is 8.67. The highest BCUT2D eigenvalue weighted by atomic mass is 15.1. The minimum absolute atomic E-state index is 0.658. The number of rotatable bonds is 0. The summed E-state index contributed by atoms with van der Waals surface area (Å²) in [5, 5.41) is 6.91. The lowest BCUT2D eigenvalue weighted by molar-refractivity contribution is 0.486. The van der Waals surface area contributed by atoms with E-state index in [9.17, 15) is 0 Å². The predicted molar refractivity (Wildman–Crippen MR) is 55.1 cm³/mol. The van der Waals surface area contributed by atoms with Crippen molar-refractivity contribution in [3.63, 3.8) is 0 Å². The molecule has 0 bridgehead atoms. The Morgan fingerprint density at radius 3 is 2.69 bits per heavy atom. The summed E-state index contributed by atoms with van der Waals surface area (Å²) in [4.78, 5) is 0. The second kappa shape index (κ2) is 3.09. The fourth-order valence-corrected chi connectivity index (χ4v) is 2.09. The van der Waals surface area contributed by atoms with E-state index in [0.717, 1.165) is 13.1 Å². The van der Waals surface area contributed by atoms with Crippen LogP contribution < -0.4 is 10.6 Å². The van der Waals surface area contributed by atoms with Crippen LogP contribution in [-0.4, -0.2) is 13.1 Å². The van der Waals surface area contributed by atoms with Gasteiger partial charge < -0.3 is 10.6 Å². The van der Waals surface area contributed by atoms with Gasteiger partial charge in [0.2, 0.25) is 0 Å². The molecule has 2 aliphatic rings. The molecule has 0 aromatic heterocycles. The Morgan fingerprint density at radius 1 is 1.23 bits per heavy atom. The lowest BCUT2D eigenvalue weighted by Gasteiger charge is -2.33. The molecular formula is C11H18N2. The Hall–Kier alpha value is -0.920. The van der Waals surface area contributed by atoms with Crippen LogP contribution in [0.5, 0.6) is 0 Å². The summed E-state index contributed by atoms with van der Waals surface area (Å²) < 4.78 is 0. The van der Waals surface area contributed by atoms with Crippen molar-refractivity contribution in [3.8, 4) is 0 Å². The third kappa shape index (κ3) is 1.34. The Bertz CT molecular complexity index is 276. The van der Waals surface area contributed by atoms with Gasteiger partial charge in [0.05, 0.1) is 11.4 Å². The number of hydrogen-bond donors (Lipinski definition) is 2. The number of nitrogens with one attached hydrogen (secondary N) is 2. The van der Waals surface area contributed by atoms with Crippen LogP contribution >= 0.6 is 0 Å². The van der Waals surface area contributed by atoms with Crippen LogP contribution in [0.1, 0.15) is 20.8 Å². The van der Waals surface area contributed by atoms with Gasteiger partial charge in [0.15, 0.2) is 0 Å². The molecule has 72 valence electrons. The topological polar surface area (TPSA) is 24.1 Å².